The number of cyclic esters (lactones) is 1. The number of carbonyl (C=O) groups is 2. The Labute approximate surface area is 135 Å². The Hall–Kier alpha value is -2.58. The molecule has 0 spiro atoms. The van der Waals surface area contributed by atoms with Gasteiger partial charge in [-0.2, -0.15) is 0 Å². The number of nitrogens with zero attached hydrogens (tertiary/aromatic N) is 4. The van der Waals surface area contributed by atoms with Gasteiger partial charge in [-0.3, -0.25) is 9.69 Å². The number of aryl methyl sites for hydroxylation is 1. The fourth-order valence-electron chi connectivity index (χ4n) is 2.06. The van der Waals surface area contributed by atoms with E-state index in [0.29, 0.717) is 37.9 Å². The number of rotatable bonds is 7. The van der Waals surface area contributed by atoms with Crippen LogP contribution in [0.15, 0.2) is 6.07 Å². The Balaban J connectivity index is 1.72. The lowest BCUT2D eigenvalue weighted by Gasteiger charge is -2.14. The second-order valence-corrected chi connectivity index (χ2v) is 5.37. The molecule has 9 nitrogen and oxygen atoms in total. The summed E-state index contributed by atoms with van der Waals surface area (Å²) in [7, 11) is 3.82. The zero-order valence-corrected chi connectivity index (χ0v) is 13.6. The van der Waals surface area contributed by atoms with Crippen LogP contribution in [0.4, 0.5) is 16.4 Å². The summed E-state index contributed by atoms with van der Waals surface area (Å²) in [5, 5.41) is 5.89. The average Bonchev–Trinajstić information content (AvgIpc) is 2.88. The monoisotopic (exact) mass is 322 g/mol. The average molecular weight is 322 g/mol. The lowest BCUT2D eigenvalue weighted by Crippen LogP contribution is -2.39. The number of amides is 2. The van der Waals surface area contributed by atoms with Gasteiger partial charge in [0.1, 0.15) is 30.6 Å². The van der Waals surface area contributed by atoms with Crippen LogP contribution in [0.2, 0.25) is 0 Å². The molecule has 1 aliphatic heterocycles. The molecule has 0 atom stereocenters. The maximum atomic E-state index is 11.7. The number of ether oxygens (including phenoxy) is 1. The van der Waals surface area contributed by atoms with Gasteiger partial charge >= 0.3 is 6.09 Å². The summed E-state index contributed by atoms with van der Waals surface area (Å²) in [6.07, 6.45) is -0.439. The van der Waals surface area contributed by atoms with E-state index in [0.717, 1.165) is 5.82 Å². The van der Waals surface area contributed by atoms with Crippen molar-refractivity contribution in [3.8, 4) is 0 Å². The highest BCUT2D eigenvalue weighted by molar-refractivity contribution is 5.82. The van der Waals surface area contributed by atoms with Gasteiger partial charge in [-0.25, -0.2) is 14.8 Å². The van der Waals surface area contributed by atoms with Crippen molar-refractivity contribution >= 4 is 23.6 Å². The molecule has 1 saturated heterocycles. The van der Waals surface area contributed by atoms with Gasteiger partial charge in [-0.15, -0.1) is 0 Å². The number of anilines is 2. The van der Waals surface area contributed by atoms with E-state index in [1.807, 2.05) is 32.0 Å². The van der Waals surface area contributed by atoms with Crippen LogP contribution in [-0.4, -0.2) is 73.7 Å². The summed E-state index contributed by atoms with van der Waals surface area (Å²) in [5.41, 5.74) is 0. The predicted octanol–water partition coefficient (Wildman–Crippen LogP) is -0.169. The van der Waals surface area contributed by atoms with Crippen molar-refractivity contribution < 1.29 is 14.3 Å². The minimum atomic E-state index is -0.439. The molecule has 9 heteroatoms. The van der Waals surface area contributed by atoms with E-state index in [4.69, 9.17) is 4.74 Å². The Bertz CT molecular complexity index is 578. The number of hydrogen-bond acceptors (Lipinski definition) is 7. The maximum Gasteiger partial charge on any atom is 0.410 e. The van der Waals surface area contributed by atoms with Gasteiger partial charge in [0.15, 0.2) is 0 Å². The number of aromatic nitrogens is 2. The van der Waals surface area contributed by atoms with Crippen LogP contribution in [0.1, 0.15) is 5.82 Å². The molecule has 2 rings (SSSR count). The topological polar surface area (TPSA) is 99.7 Å². The molecule has 0 bridgehead atoms. The highest BCUT2D eigenvalue weighted by Gasteiger charge is 2.23. The van der Waals surface area contributed by atoms with Crippen molar-refractivity contribution in [2.75, 3.05) is 57.1 Å². The fraction of sp³-hybridized carbons (Fsp3) is 0.571. The number of nitrogens with one attached hydrogen (secondary N) is 2. The third-order valence-electron chi connectivity index (χ3n) is 3.22. The predicted molar refractivity (Wildman–Crippen MR) is 85.5 cm³/mol. The van der Waals surface area contributed by atoms with Crippen LogP contribution >= 0.6 is 0 Å². The van der Waals surface area contributed by atoms with Gasteiger partial charge in [-0.05, 0) is 6.92 Å². The highest BCUT2D eigenvalue weighted by atomic mass is 16.6. The maximum absolute atomic E-state index is 11.7. The van der Waals surface area contributed by atoms with Crippen molar-refractivity contribution in [2.45, 2.75) is 6.92 Å². The highest BCUT2D eigenvalue weighted by Crippen LogP contribution is 2.12. The molecule has 1 fully saturated rings. The van der Waals surface area contributed by atoms with Crippen molar-refractivity contribution in [3.63, 3.8) is 0 Å². The molecular formula is C14H22N6O3. The van der Waals surface area contributed by atoms with Crippen molar-refractivity contribution in [2.24, 2.45) is 0 Å². The normalized spacial score (nSPS) is 13.7. The third-order valence-corrected chi connectivity index (χ3v) is 3.22. The van der Waals surface area contributed by atoms with Crippen LogP contribution in [0.5, 0.6) is 0 Å². The van der Waals surface area contributed by atoms with Gasteiger partial charge in [-0.1, -0.05) is 0 Å². The lowest BCUT2D eigenvalue weighted by atomic mass is 10.4. The van der Waals surface area contributed by atoms with Crippen LogP contribution < -0.4 is 15.5 Å². The molecule has 23 heavy (non-hydrogen) atoms. The molecule has 0 radical (unpaired) electrons. The minimum absolute atomic E-state index is 0.0240. The van der Waals surface area contributed by atoms with E-state index in [9.17, 15) is 9.59 Å². The van der Waals surface area contributed by atoms with Crippen LogP contribution in [0.25, 0.3) is 0 Å². The quantitative estimate of drug-likeness (QED) is 0.672. The molecule has 1 aromatic heterocycles. The summed E-state index contributed by atoms with van der Waals surface area (Å²) < 4.78 is 4.77. The zero-order chi connectivity index (χ0) is 16.8. The largest absolute Gasteiger partial charge is 0.448 e. The molecule has 0 aromatic carbocycles. The van der Waals surface area contributed by atoms with Gasteiger partial charge in [0.25, 0.3) is 0 Å². The zero-order valence-electron chi connectivity index (χ0n) is 13.6. The Morgan fingerprint density at radius 3 is 2.83 bits per heavy atom. The van der Waals surface area contributed by atoms with E-state index in [2.05, 4.69) is 20.6 Å². The summed E-state index contributed by atoms with van der Waals surface area (Å²) >= 11 is 0. The van der Waals surface area contributed by atoms with E-state index < -0.39 is 6.09 Å². The smallest absolute Gasteiger partial charge is 0.410 e. The van der Waals surface area contributed by atoms with Crippen molar-refractivity contribution in [1.82, 2.24) is 20.2 Å². The first kappa shape index (κ1) is 16.8. The second-order valence-electron chi connectivity index (χ2n) is 5.37. The number of hydrogen-bond donors (Lipinski definition) is 2. The number of carbonyl (C=O) groups excluding carboxylic acids is 2. The lowest BCUT2D eigenvalue weighted by molar-refractivity contribution is -0.121. The first-order valence-electron chi connectivity index (χ1n) is 7.41. The van der Waals surface area contributed by atoms with E-state index >= 15 is 0 Å². The molecule has 0 aliphatic carbocycles. The van der Waals surface area contributed by atoms with Crippen LogP contribution in [-0.2, 0) is 9.53 Å². The molecule has 126 valence electrons. The second kappa shape index (κ2) is 7.61. The molecule has 1 aliphatic rings. The summed E-state index contributed by atoms with van der Waals surface area (Å²) in [5.74, 6) is 1.99. The van der Waals surface area contributed by atoms with Gasteiger partial charge < -0.3 is 20.3 Å². The summed E-state index contributed by atoms with van der Waals surface area (Å²) in [6, 6.07) is 1.84. The van der Waals surface area contributed by atoms with E-state index in [1.165, 1.54) is 4.90 Å². The molecule has 0 unspecified atom stereocenters. The molecule has 2 amide bonds. The molecule has 2 heterocycles. The fourth-order valence-corrected chi connectivity index (χ4v) is 2.06. The van der Waals surface area contributed by atoms with Crippen LogP contribution in [0, 0.1) is 6.92 Å². The Morgan fingerprint density at radius 2 is 2.17 bits per heavy atom. The molecule has 2 N–H and O–H groups in total. The standard InChI is InChI=1S/C14H22N6O3/c1-10-17-11(8-12(18-10)19(2)3)15-4-5-16-13(21)9-20-6-7-23-14(20)22/h8H,4-7,9H2,1-3H3,(H,16,21)(H,15,17,18). The SMILES string of the molecule is Cc1nc(NCCNC(=O)CN2CCOC2=O)cc(N(C)C)n1. The van der Waals surface area contributed by atoms with Gasteiger partial charge in [0, 0.05) is 33.3 Å². The van der Waals surface area contributed by atoms with Crippen LogP contribution in [0.3, 0.4) is 0 Å². The van der Waals surface area contributed by atoms with Gasteiger partial charge in [0.2, 0.25) is 5.91 Å². The summed E-state index contributed by atoms with van der Waals surface area (Å²) in [4.78, 5) is 34.8. The molecule has 1 aromatic rings. The van der Waals surface area contributed by atoms with E-state index in [1.54, 1.807) is 0 Å². The Kier molecular flexibility index (Phi) is 5.56. The third kappa shape index (κ3) is 4.97. The minimum Gasteiger partial charge on any atom is -0.448 e. The molecular weight excluding hydrogens is 300 g/mol. The first-order valence-corrected chi connectivity index (χ1v) is 7.41. The van der Waals surface area contributed by atoms with Crippen molar-refractivity contribution in [3.05, 3.63) is 11.9 Å². The first-order chi connectivity index (χ1) is 11.0. The molecule has 0 saturated carbocycles. The van der Waals surface area contributed by atoms with E-state index in [-0.39, 0.29) is 12.5 Å². The van der Waals surface area contributed by atoms with Crippen molar-refractivity contribution in [1.29, 1.82) is 0 Å². The van der Waals surface area contributed by atoms with Gasteiger partial charge in [0.05, 0.1) is 6.54 Å². The Morgan fingerprint density at radius 1 is 1.39 bits per heavy atom. The summed E-state index contributed by atoms with van der Waals surface area (Å²) in [6.45, 7) is 3.61.